The third-order valence-electron chi connectivity index (χ3n) is 5.99. The van der Waals surface area contributed by atoms with Gasteiger partial charge in [-0.1, -0.05) is 47.5 Å². The first-order valence-electron chi connectivity index (χ1n) is 11.8. The number of sulfonamides is 1. The van der Waals surface area contributed by atoms with Crippen molar-refractivity contribution in [2.45, 2.75) is 43.5 Å². The highest BCUT2D eigenvalue weighted by atomic mass is 35.5. The van der Waals surface area contributed by atoms with Crippen LogP contribution in [0.5, 0.6) is 5.75 Å². The summed E-state index contributed by atoms with van der Waals surface area (Å²) < 4.78 is 35.5. The van der Waals surface area contributed by atoms with Crippen LogP contribution in [0.25, 0.3) is 0 Å². The quantitative estimate of drug-likeness (QED) is 0.288. The van der Waals surface area contributed by atoms with E-state index in [2.05, 4.69) is 9.98 Å². The van der Waals surface area contributed by atoms with Gasteiger partial charge in [0.05, 0.1) is 29.8 Å². The molecule has 0 saturated heterocycles. The number of aliphatic hydroxyl groups is 1. The van der Waals surface area contributed by atoms with Gasteiger partial charge in [-0.05, 0) is 62.2 Å². The Bertz CT molecular complexity index is 1380. The van der Waals surface area contributed by atoms with E-state index in [0.29, 0.717) is 33.5 Å². The van der Waals surface area contributed by atoms with Gasteiger partial charge in [-0.3, -0.25) is 14.3 Å². The Morgan fingerprint density at radius 1 is 1.00 bits per heavy atom. The van der Waals surface area contributed by atoms with Crippen molar-refractivity contribution in [3.05, 3.63) is 87.9 Å². The van der Waals surface area contributed by atoms with Crippen LogP contribution in [0.3, 0.4) is 0 Å². The zero-order valence-corrected chi connectivity index (χ0v) is 22.5. The molecule has 0 aromatic heterocycles. The smallest absolute Gasteiger partial charge is 0.264 e. The van der Waals surface area contributed by atoms with Crippen LogP contribution in [0.1, 0.15) is 36.9 Å². The number of aliphatic imine (C=N–C) groups is 2. The van der Waals surface area contributed by atoms with E-state index < -0.39 is 16.1 Å². The predicted octanol–water partition coefficient (Wildman–Crippen LogP) is 6.08. The highest BCUT2D eigenvalue weighted by molar-refractivity contribution is 7.92. The van der Waals surface area contributed by atoms with E-state index >= 15 is 0 Å². The minimum absolute atomic E-state index is 0.0590. The number of ether oxygens (including phenoxy) is 1. The van der Waals surface area contributed by atoms with Crippen molar-refractivity contribution in [1.82, 2.24) is 0 Å². The number of rotatable bonds is 11. The second kappa shape index (κ2) is 12.1. The molecule has 3 aromatic rings. The maximum absolute atomic E-state index is 14.0. The first-order valence-corrected chi connectivity index (χ1v) is 14.0. The van der Waals surface area contributed by atoms with Gasteiger partial charge in [0.2, 0.25) is 0 Å². The van der Waals surface area contributed by atoms with Crippen molar-refractivity contribution < 1.29 is 18.3 Å². The van der Waals surface area contributed by atoms with Gasteiger partial charge in [0, 0.05) is 33.6 Å². The molecule has 0 aliphatic carbocycles. The summed E-state index contributed by atoms with van der Waals surface area (Å²) in [6, 6.07) is 17.4. The SMILES string of the molecule is C[C@H](c1ccccc1OCCCC1N=CC=N1)N(c1cc(Cl)ccc1CO)S(=O)(=O)c1ccc(Cl)cc1. The molecule has 37 heavy (non-hydrogen) atoms. The molecule has 1 aliphatic rings. The predicted molar refractivity (Wildman–Crippen MR) is 149 cm³/mol. The number of anilines is 1. The van der Waals surface area contributed by atoms with Crippen LogP contribution in [-0.4, -0.2) is 38.7 Å². The summed E-state index contributed by atoms with van der Waals surface area (Å²) in [5.41, 5.74) is 1.37. The normalized spacial score (nSPS) is 14.2. The second-order valence-electron chi connectivity index (χ2n) is 8.47. The molecule has 0 saturated carbocycles. The number of hydrogen-bond acceptors (Lipinski definition) is 6. The Morgan fingerprint density at radius 2 is 1.68 bits per heavy atom. The fraction of sp³-hybridized carbons (Fsp3) is 0.259. The fourth-order valence-electron chi connectivity index (χ4n) is 4.14. The summed E-state index contributed by atoms with van der Waals surface area (Å²) in [5, 5.41) is 10.8. The molecule has 0 spiro atoms. The van der Waals surface area contributed by atoms with E-state index in [1.165, 1.54) is 28.6 Å². The van der Waals surface area contributed by atoms with Gasteiger partial charge < -0.3 is 9.84 Å². The van der Waals surface area contributed by atoms with Crippen molar-refractivity contribution in [3.8, 4) is 5.75 Å². The first-order chi connectivity index (χ1) is 17.8. The Balaban J connectivity index is 1.71. The van der Waals surface area contributed by atoms with Gasteiger partial charge >= 0.3 is 0 Å². The molecule has 0 fully saturated rings. The molecule has 7 nitrogen and oxygen atoms in total. The molecular formula is C27H27Cl2N3O4S. The highest BCUT2D eigenvalue weighted by Gasteiger charge is 2.33. The van der Waals surface area contributed by atoms with Gasteiger partial charge in [0.1, 0.15) is 11.9 Å². The summed E-state index contributed by atoms with van der Waals surface area (Å²) in [4.78, 5) is 8.56. The third kappa shape index (κ3) is 6.33. The average molecular weight is 561 g/mol. The molecule has 1 heterocycles. The summed E-state index contributed by atoms with van der Waals surface area (Å²) in [7, 11) is -4.10. The lowest BCUT2D eigenvalue weighted by molar-refractivity contribution is 0.282. The Kier molecular flexibility index (Phi) is 8.87. The molecule has 0 bridgehead atoms. The van der Waals surface area contributed by atoms with E-state index in [9.17, 15) is 13.5 Å². The second-order valence-corrected chi connectivity index (χ2v) is 11.2. The molecule has 1 atom stereocenters. The van der Waals surface area contributed by atoms with Crippen LogP contribution in [0.2, 0.25) is 10.0 Å². The van der Waals surface area contributed by atoms with E-state index in [1.807, 2.05) is 24.3 Å². The topological polar surface area (TPSA) is 91.6 Å². The summed E-state index contributed by atoms with van der Waals surface area (Å²) in [6.07, 6.45) is 4.79. The molecule has 194 valence electrons. The maximum Gasteiger partial charge on any atom is 0.264 e. The number of halogens is 2. The van der Waals surface area contributed by atoms with E-state index in [-0.39, 0.29) is 23.4 Å². The molecule has 0 unspecified atom stereocenters. The molecule has 1 N–H and O–H groups in total. The van der Waals surface area contributed by atoms with E-state index in [0.717, 1.165) is 12.8 Å². The van der Waals surface area contributed by atoms with Crippen LogP contribution in [0.4, 0.5) is 5.69 Å². The fourth-order valence-corrected chi connectivity index (χ4v) is 6.10. The van der Waals surface area contributed by atoms with Gasteiger partial charge in [0.25, 0.3) is 10.0 Å². The zero-order chi connectivity index (χ0) is 26.4. The molecule has 0 radical (unpaired) electrons. The molecule has 4 rings (SSSR count). The minimum atomic E-state index is -4.10. The van der Waals surface area contributed by atoms with Crippen molar-refractivity contribution in [2.75, 3.05) is 10.9 Å². The lowest BCUT2D eigenvalue weighted by Crippen LogP contribution is -2.34. The van der Waals surface area contributed by atoms with Crippen LogP contribution in [0, 0.1) is 0 Å². The van der Waals surface area contributed by atoms with Gasteiger partial charge in [-0.2, -0.15) is 0 Å². The lowest BCUT2D eigenvalue weighted by atomic mass is 10.1. The van der Waals surface area contributed by atoms with Gasteiger partial charge in [-0.25, -0.2) is 8.42 Å². The van der Waals surface area contributed by atoms with Crippen molar-refractivity contribution in [3.63, 3.8) is 0 Å². The number of hydrogen-bond donors (Lipinski definition) is 1. The lowest BCUT2D eigenvalue weighted by Gasteiger charge is -2.33. The van der Waals surface area contributed by atoms with E-state index in [4.69, 9.17) is 27.9 Å². The number of aliphatic hydroxyl groups excluding tert-OH is 1. The van der Waals surface area contributed by atoms with E-state index in [1.54, 1.807) is 37.6 Å². The van der Waals surface area contributed by atoms with Gasteiger partial charge in [0.15, 0.2) is 0 Å². The number of benzene rings is 3. The third-order valence-corrected chi connectivity index (χ3v) is 8.38. The van der Waals surface area contributed by atoms with Crippen LogP contribution in [-0.2, 0) is 16.6 Å². The van der Waals surface area contributed by atoms with Gasteiger partial charge in [-0.15, -0.1) is 0 Å². The molecule has 0 amide bonds. The Morgan fingerprint density at radius 3 is 2.38 bits per heavy atom. The number of para-hydroxylation sites is 1. The first kappa shape index (κ1) is 27.1. The maximum atomic E-state index is 14.0. The standard InChI is InChI=1S/C27H27Cl2N3O4S/c1-19(24-5-2-3-6-26(24)36-16-4-7-27-30-14-15-31-27)32(25-17-22(29)9-8-20(25)18-33)37(34,35)23-12-10-21(28)11-13-23/h2-3,5-6,8-15,17,19,27,33H,4,7,16,18H2,1H3/t19-/m1/s1. The molecule has 10 heteroatoms. The van der Waals surface area contributed by atoms with Crippen molar-refractivity contribution in [2.24, 2.45) is 9.98 Å². The molecule has 3 aromatic carbocycles. The van der Waals surface area contributed by atoms with Crippen LogP contribution in [0.15, 0.2) is 81.6 Å². The van der Waals surface area contributed by atoms with Crippen LogP contribution >= 0.6 is 23.2 Å². The van der Waals surface area contributed by atoms with Crippen molar-refractivity contribution in [1.29, 1.82) is 0 Å². The van der Waals surface area contributed by atoms with Crippen LogP contribution < -0.4 is 9.04 Å². The summed E-state index contributed by atoms with van der Waals surface area (Å²) in [6.45, 7) is 1.84. The highest BCUT2D eigenvalue weighted by Crippen LogP contribution is 2.39. The van der Waals surface area contributed by atoms with Crippen molar-refractivity contribution >= 4 is 51.3 Å². The average Bonchev–Trinajstić information content (AvgIpc) is 3.41. The Hall–Kier alpha value is -2.91. The molecule has 1 aliphatic heterocycles. The minimum Gasteiger partial charge on any atom is -0.493 e. The largest absolute Gasteiger partial charge is 0.493 e. The monoisotopic (exact) mass is 559 g/mol. The summed E-state index contributed by atoms with van der Waals surface area (Å²) in [5.74, 6) is 0.567. The summed E-state index contributed by atoms with van der Waals surface area (Å²) >= 11 is 12.3. The Labute approximate surface area is 227 Å². The zero-order valence-electron chi connectivity index (χ0n) is 20.2. The number of nitrogens with zero attached hydrogens (tertiary/aromatic N) is 3. The molecular weight excluding hydrogens is 533 g/mol.